The minimum Gasteiger partial charge on any atom is -0.384 e. The highest BCUT2D eigenvalue weighted by atomic mass is 19.1. The Morgan fingerprint density at radius 3 is 2.85 bits per heavy atom. The van der Waals surface area contributed by atoms with E-state index in [0.29, 0.717) is 17.4 Å². The van der Waals surface area contributed by atoms with Crippen LogP contribution in [0.3, 0.4) is 0 Å². The van der Waals surface area contributed by atoms with Crippen LogP contribution in [-0.4, -0.2) is 14.5 Å². The molecule has 4 nitrogen and oxygen atoms in total. The van der Waals surface area contributed by atoms with E-state index in [4.69, 9.17) is 5.73 Å². The van der Waals surface area contributed by atoms with Crippen LogP contribution in [0.5, 0.6) is 0 Å². The molecule has 2 aromatic heterocycles. The van der Waals surface area contributed by atoms with Crippen LogP contribution >= 0.6 is 0 Å². The summed E-state index contributed by atoms with van der Waals surface area (Å²) in [5.41, 5.74) is 7.88. The van der Waals surface area contributed by atoms with Gasteiger partial charge in [-0.1, -0.05) is 6.07 Å². The van der Waals surface area contributed by atoms with Crippen LogP contribution < -0.4 is 5.73 Å². The zero-order chi connectivity index (χ0) is 13.7. The van der Waals surface area contributed by atoms with Crippen molar-refractivity contribution in [2.75, 3.05) is 5.73 Å². The van der Waals surface area contributed by atoms with Gasteiger partial charge in [-0.2, -0.15) is 0 Å². The van der Waals surface area contributed by atoms with Crippen LogP contribution in [0, 0.1) is 5.82 Å². The summed E-state index contributed by atoms with van der Waals surface area (Å²) in [7, 11) is 0. The molecule has 0 aliphatic heterocycles. The lowest BCUT2D eigenvalue weighted by atomic mass is 10.2. The van der Waals surface area contributed by atoms with Crippen LogP contribution in [-0.2, 0) is 0 Å². The molecule has 0 atom stereocenters. The fourth-order valence-corrected chi connectivity index (χ4v) is 2.58. The summed E-state index contributed by atoms with van der Waals surface area (Å²) in [6.07, 6.45) is 3.86. The summed E-state index contributed by atoms with van der Waals surface area (Å²) in [4.78, 5) is 8.48. The highest BCUT2D eigenvalue weighted by Crippen LogP contribution is 2.41. The number of rotatable bonds is 2. The molecule has 1 fully saturated rings. The predicted octanol–water partition coefficient (Wildman–Crippen LogP) is 3.15. The summed E-state index contributed by atoms with van der Waals surface area (Å²) in [6.45, 7) is 0. The summed E-state index contributed by atoms with van der Waals surface area (Å²) in [6, 6.07) is 9.12. The lowest BCUT2D eigenvalue weighted by Crippen LogP contribution is -1.98. The number of aromatic nitrogens is 3. The largest absolute Gasteiger partial charge is 0.384 e. The molecule has 3 aromatic rings. The SMILES string of the molecule is Nc1cc(-c2nc3c(F)cccc3n2C2CC2)ccn1. The number of nitrogen functional groups attached to an aromatic ring is 1. The lowest BCUT2D eigenvalue weighted by molar-refractivity contribution is 0.637. The predicted molar refractivity (Wildman–Crippen MR) is 75.6 cm³/mol. The molecular weight excluding hydrogens is 255 g/mol. The molecule has 0 unspecified atom stereocenters. The van der Waals surface area contributed by atoms with Gasteiger partial charge in [0.2, 0.25) is 0 Å². The van der Waals surface area contributed by atoms with Gasteiger partial charge in [-0.05, 0) is 37.1 Å². The summed E-state index contributed by atoms with van der Waals surface area (Å²) < 4.78 is 16.1. The van der Waals surface area contributed by atoms with E-state index < -0.39 is 0 Å². The molecule has 100 valence electrons. The van der Waals surface area contributed by atoms with Crippen molar-refractivity contribution in [2.45, 2.75) is 18.9 Å². The second-order valence-corrected chi connectivity index (χ2v) is 5.11. The van der Waals surface area contributed by atoms with Crippen molar-refractivity contribution < 1.29 is 4.39 Å². The first-order valence-electron chi connectivity index (χ1n) is 6.62. The third kappa shape index (κ3) is 1.66. The summed E-state index contributed by atoms with van der Waals surface area (Å²) in [5, 5.41) is 0. The third-order valence-electron chi connectivity index (χ3n) is 3.62. The van der Waals surface area contributed by atoms with Crippen LogP contribution in [0.2, 0.25) is 0 Å². The Morgan fingerprint density at radius 1 is 1.25 bits per heavy atom. The molecule has 0 amide bonds. The summed E-state index contributed by atoms with van der Waals surface area (Å²) in [5.74, 6) is 0.921. The molecule has 0 spiro atoms. The average molecular weight is 268 g/mol. The minimum absolute atomic E-state index is 0.287. The van der Waals surface area contributed by atoms with Gasteiger partial charge in [-0.25, -0.2) is 14.4 Å². The molecule has 2 heterocycles. The standard InChI is InChI=1S/C15H13FN4/c16-11-2-1-3-12-14(11)19-15(20(12)10-4-5-10)9-6-7-18-13(17)8-9/h1-3,6-8,10H,4-5H2,(H2,17,18). The van der Waals surface area contributed by atoms with Crippen molar-refractivity contribution in [1.82, 2.24) is 14.5 Å². The first-order valence-corrected chi connectivity index (χ1v) is 6.62. The maximum atomic E-state index is 13.9. The fourth-order valence-electron chi connectivity index (χ4n) is 2.58. The van der Waals surface area contributed by atoms with Crippen molar-refractivity contribution in [3.8, 4) is 11.4 Å². The van der Waals surface area contributed by atoms with Crippen LogP contribution in [0.25, 0.3) is 22.4 Å². The van der Waals surface area contributed by atoms with Crippen molar-refractivity contribution in [2.24, 2.45) is 0 Å². The Balaban J connectivity index is 2.03. The van der Waals surface area contributed by atoms with Gasteiger partial charge in [0, 0.05) is 17.8 Å². The van der Waals surface area contributed by atoms with Crippen molar-refractivity contribution in [1.29, 1.82) is 0 Å². The molecule has 0 saturated heterocycles. The fraction of sp³-hybridized carbons (Fsp3) is 0.200. The number of para-hydroxylation sites is 1. The molecule has 4 rings (SSSR count). The Kier molecular flexibility index (Phi) is 2.30. The number of imidazole rings is 1. The number of nitrogens with zero attached hydrogens (tertiary/aromatic N) is 3. The quantitative estimate of drug-likeness (QED) is 0.776. The second-order valence-electron chi connectivity index (χ2n) is 5.11. The molecule has 1 saturated carbocycles. The second kappa shape index (κ2) is 4.03. The number of benzene rings is 1. The maximum absolute atomic E-state index is 13.9. The molecule has 2 N–H and O–H groups in total. The van der Waals surface area contributed by atoms with Gasteiger partial charge in [-0.3, -0.25) is 0 Å². The number of hydrogen-bond acceptors (Lipinski definition) is 3. The van der Waals surface area contributed by atoms with E-state index in [1.807, 2.05) is 12.1 Å². The zero-order valence-corrected chi connectivity index (χ0v) is 10.8. The number of anilines is 1. The Bertz CT molecular complexity index is 805. The topological polar surface area (TPSA) is 56.7 Å². The normalized spacial score (nSPS) is 14.8. The monoisotopic (exact) mass is 268 g/mol. The molecule has 1 aromatic carbocycles. The van der Waals surface area contributed by atoms with Gasteiger partial charge in [0.05, 0.1) is 5.52 Å². The molecular formula is C15H13FN4. The number of nitrogens with two attached hydrogens (primary N) is 1. The first kappa shape index (κ1) is 11.4. The van der Waals surface area contributed by atoms with Gasteiger partial charge in [0.25, 0.3) is 0 Å². The van der Waals surface area contributed by atoms with Gasteiger partial charge in [0.15, 0.2) is 5.82 Å². The summed E-state index contributed by atoms with van der Waals surface area (Å²) >= 11 is 0. The highest BCUT2D eigenvalue weighted by Gasteiger charge is 2.29. The maximum Gasteiger partial charge on any atom is 0.151 e. The van der Waals surface area contributed by atoms with E-state index in [1.165, 1.54) is 6.07 Å². The third-order valence-corrected chi connectivity index (χ3v) is 3.62. The van der Waals surface area contributed by atoms with Crippen molar-refractivity contribution >= 4 is 16.9 Å². The molecule has 5 heteroatoms. The van der Waals surface area contributed by atoms with Gasteiger partial charge < -0.3 is 10.3 Å². The molecule has 1 aliphatic rings. The van der Waals surface area contributed by atoms with E-state index in [0.717, 1.165) is 29.7 Å². The van der Waals surface area contributed by atoms with Gasteiger partial charge >= 0.3 is 0 Å². The molecule has 0 radical (unpaired) electrons. The molecule has 0 bridgehead atoms. The smallest absolute Gasteiger partial charge is 0.151 e. The Labute approximate surface area is 115 Å². The molecule has 20 heavy (non-hydrogen) atoms. The van der Waals surface area contributed by atoms with Crippen LogP contribution in [0.15, 0.2) is 36.5 Å². The van der Waals surface area contributed by atoms with E-state index in [9.17, 15) is 4.39 Å². The van der Waals surface area contributed by atoms with E-state index in [1.54, 1.807) is 18.3 Å². The number of fused-ring (bicyclic) bond motifs is 1. The van der Waals surface area contributed by atoms with Crippen molar-refractivity contribution in [3.63, 3.8) is 0 Å². The van der Waals surface area contributed by atoms with Crippen LogP contribution in [0.4, 0.5) is 10.2 Å². The molecule has 1 aliphatic carbocycles. The minimum atomic E-state index is -0.287. The average Bonchev–Trinajstić information content (AvgIpc) is 3.19. The van der Waals surface area contributed by atoms with E-state index >= 15 is 0 Å². The zero-order valence-electron chi connectivity index (χ0n) is 10.8. The van der Waals surface area contributed by atoms with Crippen LogP contribution in [0.1, 0.15) is 18.9 Å². The number of pyridine rings is 1. The van der Waals surface area contributed by atoms with E-state index in [2.05, 4.69) is 14.5 Å². The van der Waals surface area contributed by atoms with Gasteiger partial charge in [-0.15, -0.1) is 0 Å². The highest BCUT2D eigenvalue weighted by molar-refractivity contribution is 5.81. The van der Waals surface area contributed by atoms with Gasteiger partial charge in [0.1, 0.15) is 17.2 Å². The lowest BCUT2D eigenvalue weighted by Gasteiger charge is -2.07. The van der Waals surface area contributed by atoms with E-state index in [-0.39, 0.29) is 5.82 Å². The number of hydrogen-bond donors (Lipinski definition) is 1. The Morgan fingerprint density at radius 2 is 2.10 bits per heavy atom. The first-order chi connectivity index (χ1) is 9.74. The number of halogens is 1. The Hall–Kier alpha value is -2.43. The van der Waals surface area contributed by atoms with Crippen molar-refractivity contribution in [3.05, 3.63) is 42.3 Å².